The lowest BCUT2D eigenvalue weighted by Gasteiger charge is -2.22. The van der Waals surface area contributed by atoms with Gasteiger partial charge in [-0.1, -0.05) is 18.2 Å². The molecular formula is C14H16N2O2S. The van der Waals surface area contributed by atoms with Gasteiger partial charge in [-0.3, -0.25) is 9.00 Å². The molecule has 0 unspecified atom stereocenters. The standard InChI is InChI=1S/C14H16N2O2S/c17-14(16-10-5-7-19(18)8-6-10)12-9-15-13-4-2-1-3-11(12)13/h1-4,9-10,15H,5-8H2,(H,16,17). The summed E-state index contributed by atoms with van der Waals surface area (Å²) < 4.78 is 11.3. The van der Waals surface area contributed by atoms with Crippen LogP contribution < -0.4 is 5.32 Å². The molecule has 3 rings (SSSR count). The summed E-state index contributed by atoms with van der Waals surface area (Å²) in [6.45, 7) is 0. The highest BCUT2D eigenvalue weighted by Gasteiger charge is 2.21. The fourth-order valence-corrected chi connectivity index (χ4v) is 3.76. The summed E-state index contributed by atoms with van der Waals surface area (Å²) in [5, 5.41) is 3.98. The van der Waals surface area contributed by atoms with Crippen LogP contribution in [-0.2, 0) is 10.8 Å². The smallest absolute Gasteiger partial charge is 0.253 e. The molecule has 1 aromatic heterocycles. The van der Waals surface area contributed by atoms with Crippen molar-refractivity contribution in [3.8, 4) is 0 Å². The maximum Gasteiger partial charge on any atom is 0.253 e. The van der Waals surface area contributed by atoms with Gasteiger partial charge in [0, 0.05) is 45.4 Å². The van der Waals surface area contributed by atoms with E-state index in [1.54, 1.807) is 6.20 Å². The Labute approximate surface area is 114 Å². The first-order valence-electron chi connectivity index (χ1n) is 6.46. The van der Waals surface area contributed by atoms with E-state index in [0.29, 0.717) is 17.1 Å². The molecule has 2 heterocycles. The molecule has 2 N–H and O–H groups in total. The average molecular weight is 276 g/mol. The second kappa shape index (κ2) is 5.17. The highest BCUT2D eigenvalue weighted by atomic mass is 32.2. The minimum atomic E-state index is -0.692. The molecule has 19 heavy (non-hydrogen) atoms. The zero-order valence-corrected chi connectivity index (χ0v) is 11.3. The normalized spacial score (nSPS) is 23.4. The maximum absolute atomic E-state index is 12.3. The maximum atomic E-state index is 12.3. The summed E-state index contributed by atoms with van der Waals surface area (Å²) in [6.07, 6.45) is 3.36. The van der Waals surface area contributed by atoms with Gasteiger partial charge in [-0.15, -0.1) is 0 Å². The summed E-state index contributed by atoms with van der Waals surface area (Å²) in [6, 6.07) is 7.92. The van der Waals surface area contributed by atoms with Gasteiger partial charge in [0.1, 0.15) is 0 Å². The highest BCUT2D eigenvalue weighted by Crippen LogP contribution is 2.18. The van der Waals surface area contributed by atoms with Crippen LogP contribution in [0.2, 0.25) is 0 Å². The highest BCUT2D eigenvalue weighted by molar-refractivity contribution is 7.85. The first-order chi connectivity index (χ1) is 9.24. The van der Waals surface area contributed by atoms with E-state index in [2.05, 4.69) is 10.3 Å². The number of H-pyrrole nitrogens is 1. The molecule has 0 aliphatic carbocycles. The van der Waals surface area contributed by atoms with Crippen LogP contribution in [0, 0.1) is 0 Å². The van der Waals surface area contributed by atoms with Gasteiger partial charge in [-0.05, 0) is 18.9 Å². The number of hydrogen-bond acceptors (Lipinski definition) is 2. The third-order valence-corrected chi connectivity index (χ3v) is 4.94. The fourth-order valence-electron chi connectivity index (χ4n) is 2.46. The SMILES string of the molecule is O=C(NC1CCS(=O)CC1)c1c[nH]c2ccccc12. The molecule has 0 spiro atoms. The topological polar surface area (TPSA) is 62.0 Å². The summed E-state index contributed by atoms with van der Waals surface area (Å²) in [4.78, 5) is 15.4. The second-order valence-corrected chi connectivity index (χ2v) is 6.54. The number of hydrogen-bond donors (Lipinski definition) is 2. The lowest BCUT2D eigenvalue weighted by molar-refractivity contribution is 0.0936. The predicted molar refractivity (Wildman–Crippen MR) is 76.7 cm³/mol. The molecule has 1 fully saturated rings. The van der Waals surface area contributed by atoms with E-state index in [1.807, 2.05) is 24.3 Å². The molecule has 0 radical (unpaired) electrons. The van der Waals surface area contributed by atoms with Crippen LogP contribution in [-0.4, -0.2) is 32.6 Å². The third kappa shape index (κ3) is 2.56. The van der Waals surface area contributed by atoms with Crippen molar-refractivity contribution in [2.75, 3.05) is 11.5 Å². The van der Waals surface area contributed by atoms with Crippen LogP contribution in [0.5, 0.6) is 0 Å². The van der Waals surface area contributed by atoms with Gasteiger partial charge in [0.15, 0.2) is 0 Å². The molecule has 1 aromatic carbocycles. The number of aromatic nitrogens is 1. The molecule has 1 saturated heterocycles. The van der Waals surface area contributed by atoms with Gasteiger partial charge in [-0.2, -0.15) is 0 Å². The largest absolute Gasteiger partial charge is 0.360 e. The van der Waals surface area contributed by atoms with E-state index < -0.39 is 10.8 Å². The Bertz CT molecular complexity index is 625. The number of benzene rings is 1. The van der Waals surface area contributed by atoms with Gasteiger partial charge in [0.25, 0.3) is 5.91 Å². The van der Waals surface area contributed by atoms with Gasteiger partial charge < -0.3 is 10.3 Å². The summed E-state index contributed by atoms with van der Waals surface area (Å²) in [5.41, 5.74) is 1.65. The summed E-state index contributed by atoms with van der Waals surface area (Å²) >= 11 is 0. The zero-order chi connectivity index (χ0) is 13.2. The minimum absolute atomic E-state index is 0.0462. The van der Waals surface area contributed by atoms with Crippen molar-refractivity contribution in [2.45, 2.75) is 18.9 Å². The molecule has 4 nitrogen and oxygen atoms in total. The monoisotopic (exact) mass is 276 g/mol. The van der Waals surface area contributed by atoms with Gasteiger partial charge in [-0.25, -0.2) is 0 Å². The molecule has 100 valence electrons. The molecule has 1 amide bonds. The molecule has 5 heteroatoms. The Morgan fingerprint density at radius 1 is 1.26 bits per heavy atom. The van der Waals surface area contributed by atoms with E-state index in [4.69, 9.17) is 0 Å². The lowest BCUT2D eigenvalue weighted by atomic mass is 10.1. The number of carbonyl (C=O) groups is 1. The zero-order valence-electron chi connectivity index (χ0n) is 10.5. The van der Waals surface area contributed by atoms with Crippen molar-refractivity contribution in [2.24, 2.45) is 0 Å². The van der Waals surface area contributed by atoms with Crippen LogP contribution in [0.15, 0.2) is 30.5 Å². The summed E-state index contributed by atoms with van der Waals surface area (Å²) in [5.74, 6) is 1.34. The number of amides is 1. The van der Waals surface area contributed by atoms with Crippen LogP contribution in [0.25, 0.3) is 10.9 Å². The van der Waals surface area contributed by atoms with E-state index in [-0.39, 0.29) is 11.9 Å². The number of nitrogens with one attached hydrogen (secondary N) is 2. The third-order valence-electron chi connectivity index (χ3n) is 3.56. The number of rotatable bonds is 2. The molecule has 0 bridgehead atoms. The fraction of sp³-hybridized carbons (Fsp3) is 0.357. The second-order valence-electron chi connectivity index (χ2n) is 4.84. The van der Waals surface area contributed by atoms with Crippen molar-refractivity contribution >= 4 is 27.6 Å². The molecular weight excluding hydrogens is 260 g/mol. The van der Waals surface area contributed by atoms with Crippen molar-refractivity contribution in [1.82, 2.24) is 10.3 Å². The Hall–Kier alpha value is -1.62. The van der Waals surface area contributed by atoms with E-state index in [0.717, 1.165) is 23.7 Å². The Morgan fingerprint density at radius 3 is 2.79 bits per heavy atom. The van der Waals surface area contributed by atoms with Crippen molar-refractivity contribution in [1.29, 1.82) is 0 Å². The number of carbonyl (C=O) groups excluding carboxylic acids is 1. The number of fused-ring (bicyclic) bond motifs is 1. The van der Waals surface area contributed by atoms with Crippen molar-refractivity contribution < 1.29 is 9.00 Å². The molecule has 1 aliphatic heterocycles. The lowest BCUT2D eigenvalue weighted by Crippen LogP contribution is -2.39. The van der Waals surface area contributed by atoms with E-state index in [9.17, 15) is 9.00 Å². The minimum Gasteiger partial charge on any atom is -0.360 e. The number of aromatic amines is 1. The van der Waals surface area contributed by atoms with Crippen LogP contribution in [0.3, 0.4) is 0 Å². The average Bonchev–Trinajstić information content (AvgIpc) is 2.85. The predicted octanol–water partition coefficient (Wildman–Crippen LogP) is 1.81. The van der Waals surface area contributed by atoms with Gasteiger partial charge in [0.05, 0.1) is 5.56 Å². The van der Waals surface area contributed by atoms with Crippen LogP contribution >= 0.6 is 0 Å². The van der Waals surface area contributed by atoms with Gasteiger partial charge in [0.2, 0.25) is 0 Å². The molecule has 1 aliphatic rings. The Balaban J connectivity index is 1.75. The van der Waals surface area contributed by atoms with Gasteiger partial charge >= 0.3 is 0 Å². The van der Waals surface area contributed by atoms with Crippen LogP contribution in [0.1, 0.15) is 23.2 Å². The molecule has 0 atom stereocenters. The molecule has 0 saturated carbocycles. The van der Waals surface area contributed by atoms with Crippen LogP contribution in [0.4, 0.5) is 0 Å². The van der Waals surface area contributed by atoms with E-state index in [1.165, 1.54) is 0 Å². The first-order valence-corrected chi connectivity index (χ1v) is 7.95. The first kappa shape index (κ1) is 12.4. The molecule has 2 aromatic rings. The van der Waals surface area contributed by atoms with Crippen molar-refractivity contribution in [3.63, 3.8) is 0 Å². The van der Waals surface area contributed by atoms with E-state index >= 15 is 0 Å². The Kier molecular flexibility index (Phi) is 3.38. The summed E-state index contributed by atoms with van der Waals surface area (Å²) in [7, 11) is -0.692. The quantitative estimate of drug-likeness (QED) is 0.878. The van der Waals surface area contributed by atoms with Crippen molar-refractivity contribution in [3.05, 3.63) is 36.0 Å². The number of para-hydroxylation sites is 1. The Morgan fingerprint density at radius 2 is 2.00 bits per heavy atom.